The minimum atomic E-state index is 0.296. The molecule has 0 spiro atoms. The van der Waals surface area contributed by atoms with E-state index in [1.807, 2.05) is 0 Å². The Morgan fingerprint density at radius 3 is 2.00 bits per heavy atom. The summed E-state index contributed by atoms with van der Waals surface area (Å²) in [6, 6.07) is 0. The molecular formula is C7H16N2. The van der Waals surface area contributed by atoms with Crippen LogP contribution in [0, 0.1) is 10.8 Å². The Kier molecular flexibility index (Phi) is 2.68. The van der Waals surface area contributed by atoms with Crippen molar-refractivity contribution in [3.8, 4) is 0 Å². The molecule has 9 heavy (non-hydrogen) atoms. The lowest BCUT2D eigenvalue weighted by Gasteiger charge is -2.16. The minimum absolute atomic E-state index is 0.296. The highest BCUT2D eigenvalue weighted by Crippen LogP contribution is 2.19. The van der Waals surface area contributed by atoms with Crippen LogP contribution in [0.5, 0.6) is 0 Å². The molecular weight excluding hydrogens is 112 g/mol. The molecule has 0 saturated heterocycles. The first-order valence-corrected chi connectivity index (χ1v) is 3.25. The van der Waals surface area contributed by atoms with Gasteiger partial charge in [-0.15, -0.1) is 0 Å². The smallest absolute Gasteiger partial charge is 0.0905 e. The van der Waals surface area contributed by atoms with Crippen molar-refractivity contribution >= 4 is 5.84 Å². The van der Waals surface area contributed by atoms with E-state index in [0.717, 1.165) is 12.8 Å². The minimum Gasteiger partial charge on any atom is -0.388 e. The van der Waals surface area contributed by atoms with Gasteiger partial charge in [0.15, 0.2) is 0 Å². The van der Waals surface area contributed by atoms with E-state index in [1.165, 1.54) is 0 Å². The molecule has 0 amide bonds. The average Bonchev–Trinajstić information content (AvgIpc) is 1.59. The molecule has 0 unspecified atom stereocenters. The Labute approximate surface area is 57.0 Å². The topological polar surface area (TPSA) is 49.9 Å². The highest BCUT2D eigenvalue weighted by molar-refractivity contribution is 5.76. The molecule has 2 heteroatoms. The first kappa shape index (κ1) is 8.47. The first-order valence-electron chi connectivity index (χ1n) is 3.25. The van der Waals surface area contributed by atoms with Gasteiger partial charge in [0.05, 0.1) is 5.84 Å². The van der Waals surface area contributed by atoms with E-state index in [1.54, 1.807) is 0 Å². The van der Waals surface area contributed by atoms with E-state index in [9.17, 15) is 0 Å². The maximum absolute atomic E-state index is 6.95. The van der Waals surface area contributed by atoms with Crippen LogP contribution >= 0.6 is 0 Å². The summed E-state index contributed by atoms with van der Waals surface area (Å²) in [5.41, 5.74) is 5.49. The monoisotopic (exact) mass is 128 g/mol. The molecule has 0 heterocycles. The van der Waals surface area contributed by atoms with E-state index >= 15 is 0 Å². The Balaban J connectivity index is 3.39. The summed E-state index contributed by atoms with van der Waals surface area (Å²) in [6.07, 6.45) is 1.73. The number of rotatable bonds is 2. The van der Waals surface area contributed by atoms with Crippen molar-refractivity contribution in [2.45, 2.75) is 33.6 Å². The van der Waals surface area contributed by atoms with Gasteiger partial charge in [-0.2, -0.15) is 0 Å². The van der Waals surface area contributed by atoms with Gasteiger partial charge in [-0.3, -0.25) is 5.41 Å². The number of hydrogen-bond acceptors (Lipinski definition) is 1. The molecule has 54 valence electrons. The van der Waals surface area contributed by atoms with Crippen molar-refractivity contribution in [1.29, 1.82) is 5.41 Å². The number of amidine groups is 1. The summed E-state index contributed by atoms with van der Waals surface area (Å²) in [7, 11) is 0. The molecule has 0 atom stereocenters. The van der Waals surface area contributed by atoms with E-state index in [0.29, 0.717) is 11.3 Å². The van der Waals surface area contributed by atoms with Gasteiger partial charge in [-0.05, 0) is 11.8 Å². The Morgan fingerprint density at radius 1 is 1.44 bits per heavy atom. The lowest BCUT2D eigenvalue weighted by Crippen LogP contribution is -2.14. The van der Waals surface area contributed by atoms with Gasteiger partial charge < -0.3 is 5.73 Å². The molecule has 0 rings (SSSR count). The Morgan fingerprint density at radius 2 is 1.89 bits per heavy atom. The van der Waals surface area contributed by atoms with Crippen molar-refractivity contribution < 1.29 is 0 Å². The van der Waals surface area contributed by atoms with Gasteiger partial charge in [0.1, 0.15) is 0 Å². The van der Waals surface area contributed by atoms with Crippen molar-refractivity contribution in [3.05, 3.63) is 0 Å². The second kappa shape index (κ2) is 2.85. The molecule has 0 aliphatic rings. The van der Waals surface area contributed by atoms with Gasteiger partial charge >= 0.3 is 0 Å². The van der Waals surface area contributed by atoms with Crippen LogP contribution in [0.4, 0.5) is 0 Å². The van der Waals surface area contributed by atoms with Gasteiger partial charge in [0, 0.05) is 6.42 Å². The van der Waals surface area contributed by atoms with Crippen LogP contribution in [0.1, 0.15) is 33.6 Å². The third-order valence-corrected chi connectivity index (χ3v) is 1.14. The fourth-order valence-corrected chi connectivity index (χ4v) is 0.510. The fraction of sp³-hybridized carbons (Fsp3) is 0.857. The molecule has 0 bridgehead atoms. The van der Waals surface area contributed by atoms with Crippen LogP contribution in [0.2, 0.25) is 0 Å². The van der Waals surface area contributed by atoms with Crippen molar-refractivity contribution in [1.82, 2.24) is 0 Å². The molecule has 3 N–H and O–H groups in total. The van der Waals surface area contributed by atoms with E-state index in [4.69, 9.17) is 11.1 Å². The van der Waals surface area contributed by atoms with Crippen LogP contribution < -0.4 is 5.73 Å². The zero-order chi connectivity index (χ0) is 7.49. The summed E-state index contributed by atoms with van der Waals surface area (Å²) in [6.45, 7) is 6.45. The number of nitrogens with two attached hydrogens (primary N) is 1. The predicted molar refractivity (Wildman–Crippen MR) is 40.6 cm³/mol. The van der Waals surface area contributed by atoms with Crippen LogP contribution in [-0.4, -0.2) is 5.84 Å². The van der Waals surface area contributed by atoms with Crippen molar-refractivity contribution in [3.63, 3.8) is 0 Å². The first-order chi connectivity index (χ1) is 3.92. The average molecular weight is 128 g/mol. The van der Waals surface area contributed by atoms with E-state index < -0.39 is 0 Å². The second-order valence-electron chi connectivity index (χ2n) is 3.59. The third kappa shape index (κ3) is 7.47. The Hall–Kier alpha value is -0.530. The molecule has 0 aliphatic carbocycles. The maximum Gasteiger partial charge on any atom is 0.0905 e. The molecule has 0 aliphatic heterocycles. The number of hydrogen-bond donors (Lipinski definition) is 2. The third-order valence-electron chi connectivity index (χ3n) is 1.14. The van der Waals surface area contributed by atoms with Crippen molar-refractivity contribution in [2.75, 3.05) is 0 Å². The molecule has 0 aromatic carbocycles. The van der Waals surface area contributed by atoms with Crippen LogP contribution in [0.15, 0.2) is 0 Å². The van der Waals surface area contributed by atoms with Gasteiger partial charge in [-0.25, -0.2) is 0 Å². The highest BCUT2D eigenvalue weighted by Gasteiger charge is 2.09. The van der Waals surface area contributed by atoms with Crippen LogP contribution in [0.25, 0.3) is 0 Å². The summed E-state index contributed by atoms with van der Waals surface area (Å²) < 4.78 is 0. The summed E-state index contributed by atoms with van der Waals surface area (Å²) >= 11 is 0. The summed E-state index contributed by atoms with van der Waals surface area (Å²) in [4.78, 5) is 0. The zero-order valence-electron chi connectivity index (χ0n) is 6.49. The zero-order valence-corrected chi connectivity index (χ0v) is 6.49. The molecule has 0 aromatic rings. The molecule has 0 radical (unpaired) electrons. The van der Waals surface area contributed by atoms with Gasteiger partial charge in [0.25, 0.3) is 0 Å². The van der Waals surface area contributed by atoms with Gasteiger partial charge in [0.2, 0.25) is 0 Å². The normalized spacial score (nSPS) is 11.4. The summed E-state index contributed by atoms with van der Waals surface area (Å²) in [5, 5.41) is 6.95. The number of nitrogens with one attached hydrogen (secondary N) is 1. The quantitative estimate of drug-likeness (QED) is 0.432. The molecule has 2 nitrogen and oxygen atoms in total. The van der Waals surface area contributed by atoms with E-state index in [2.05, 4.69) is 20.8 Å². The fourth-order valence-electron chi connectivity index (χ4n) is 0.510. The summed E-state index contributed by atoms with van der Waals surface area (Å²) in [5.74, 6) is 0.296. The largest absolute Gasteiger partial charge is 0.388 e. The maximum atomic E-state index is 6.95. The van der Waals surface area contributed by atoms with Crippen molar-refractivity contribution in [2.24, 2.45) is 11.1 Å². The standard InChI is InChI=1S/C7H16N2/c1-7(2,3)5-4-6(8)9/h4-5H2,1-3H3,(H3,8,9). The molecule has 0 saturated carbocycles. The van der Waals surface area contributed by atoms with Gasteiger partial charge in [-0.1, -0.05) is 20.8 Å². The van der Waals surface area contributed by atoms with Crippen LogP contribution in [0.3, 0.4) is 0 Å². The lowest BCUT2D eigenvalue weighted by atomic mass is 9.90. The molecule has 0 fully saturated rings. The molecule has 0 aromatic heterocycles. The highest BCUT2D eigenvalue weighted by atomic mass is 14.7. The SMILES string of the molecule is CC(C)(C)CCC(=N)N. The Bertz CT molecular complexity index is 100.0. The van der Waals surface area contributed by atoms with Crippen LogP contribution in [-0.2, 0) is 0 Å². The lowest BCUT2D eigenvalue weighted by molar-refractivity contribution is 0.385. The second-order valence-corrected chi connectivity index (χ2v) is 3.59. The van der Waals surface area contributed by atoms with E-state index in [-0.39, 0.29) is 0 Å². The predicted octanol–water partition coefficient (Wildman–Crippen LogP) is 1.75.